The van der Waals surface area contributed by atoms with Gasteiger partial charge in [0, 0.05) is 39.5 Å². The van der Waals surface area contributed by atoms with E-state index < -0.39 is 0 Å². The third kappa shape index (κ3) is 4.84. The standard InChI is InChI=1S/C14H28N2O2/c15-6-1-9-18-14-2-7-16(8-3-14)12-13-4-10-17-11-5-13/h13-14H,1-12,15H2. The molecule has 0 saturated carbocycles. The first kappa shape index (κ1) is 14.3. The van der Waals surface area contributed by atoms with Crippen LogP contribution in [0.15, 0.2) is 0 Å². The van der Waals surface area contributed by atoms with Gasteiger partial charge in [0.2, 0.25) is 0 Å². The van der Waals surface area contributed by atoms with Crippen LogP contribution in [0.5, 0.6) is 0 Å². The molecule has 0 spiro atoms. The summed E-state index contributed by atoms with van der Waals surface area (Å²) in [5, 5.41) is 0. The van der Waals surface area contributed by atoms with Gasteiger partial charge in [-0.1, -0.05) is 0 Å². The van der Waals surface area contributed by atoms with Crippen molar-refractivity contribution in [1.29, 1.82) is 0 Å². The Bertz CT molecular complexity index is 212. The van der Waals surface area contributed by atoms with Crippen molar-refractivity contribution >= 4 is 0 Å². The highest BCUT2D eigenvalue weighted by Crippen LogP contribution is 2.20. The van der Waals surface area contributed by atoms with E-state index in [1.807, 2.05) is 0 Å². The van der Waals surface area contributed by atoms with Crippen molar-refractivity contribution in [3.05, 3.63) is 0 Å². The zero-order valence-corrected chi connectivity index (χ0v) is 11.5. The number of hydrogen-bond donors (Lipinski definition) is 1. The lowest BCUT2D eigenvalue weighted by Crippen LogP contribution is -2.40. The van der Waals surface area contributed by atoms with E-state index in [-0.39, 0.29) is 0 Å². The van der Waals surface area contributed by atoms with E-state index >= 15 is 0 Å². The molecule has 2 N–H and O–H groups in total. The number of nitrogens with two attached hydrogens (primary N) is 1. The van der Waals surface area contributed by atoms with Gasteiger partial charge in [0.25, 0.3) is 0 Å². The first-order valence-corrected chi connectivity index (χ1v) is 7.50. The van der Waals surface area contributed by atoms with E-state index in [0.717, 1.165) is 38.7 Å². The molecule has 0 unspecified atom stereocenters. The second-order valence-electron chi connectivity index (χ2n) is 5.57. The maximum Gasteiger partial charge on any atom is 0.0599 e. The predicted molar refractivity (Wildman–Crippen MR) is 72.6 cm³/mol. The number of ether oxygens (including phenoxy) is 2. The zero-order valence-electron chi connectivity index (χ0n) is 11.5. The summed E-state index contributed by atoms with van der Waals surface area (Å²) in [5.41, 5.74) is 5.47. The molecular formula is C14H28N2O2. The second-order valence-corrected chi connectivity index (χ2v) is 5.57. The average Bonchev–Trinajstić information content (AvgIpc) is 2.42. The Morgan fingerprint density at radius 3 is 2.50 bits per heavy atom. The highest BCUT2D eigenvalue weighted by molar-refractivity contribution is 4.76. The number of rotatable bonds is 6. The minimum atomic E-state index is 0.475. The molecule has 0 aromatic heterocycles. The number of likely N-dealkylation sites (tertiary alicyclic amines) is 1. The third-order valence-corrected chi connectivity index (χ3v) is 4.09. The SMILES string of the molecule is NCCCOC1CCN(CC2CCOCC2)CC1. The van der Waals surface area contributed by atoms with Gasteiger partial charge in [-0.25, -0.2) is 0 Å². The van der Waals surface area contributed by atoms with Gasteiger partial charge < -0.3 is 20.1 Å². The van der Waals surface area contributed by atoms with Crippen LogP contribution in [0.4, 0.5) is 0 Å². The molecule has 0 amide bonds. The molecule has 2 heterocycles. The molecule has 0 bridgehead atoms. The maximum atomic E-state index is 5.83. The molecule has 4 nitrogen and oxygen atoms in total. The topological polar surface area (TPSA) is 47.7 Å². The molecule has 0 radical (unpaired) electrons. The first-order valence-electron chi connectivity index (χ1n) is 7.50. The van der Waals surface area contributed by atoms with Gasteiger partial charge in [0.1, 0.15) is 0 Å². The molecule has 106 valence electrons. The first-order chi connectivity index (χ1) is 8.88. The van der Waals surface area contributed by atoms with Crippen LogP contribution in [0.2, 0.25) is 0 Å². The largest absolute Gasteiger partial charge is 0.381 e. The fourth-order valence-electron chi connectivity index (χ4n) is 2.89. The molecule has 2 aliphatic rings. The lowest BCUT2D eigenvalue weighted by Gasteiger charge is -2.35. The highest BCUT2D eigenvalue weighted by atomic mass is 16.5. The predicted octanol–water partition coefficient (Wildman–Crippen LogP) is 1.24. The number of nitrogens with zero attached hydrogens (tertiary/aromatic N) is 1. The Balaban J connectivity index is 1.57. The van der Waals surface area contributed by atoms with Gasteiger partial charge in [-0.2, -0.15) is 0 Å². The summed E-state index contributed by atoms with van der Waals surface area (Å²) >= 11 is 0. The zero-order chi connectivity index (χ0) is 12.6. The summed E-state index contributed by atoms with van der Waals surface area (Å²) in [5.74, 6) is 0.855. The van der Waals surface area contributed by atoms with Crippen LogP contribution in [0, 0.1) is 5.92 Å². The van der Waals surface area contributed by atoms with Crippen LogP contribution in [-0.4, -0.2) is 57.0 Å². The molecular weight excluding hydrogens is 228 g/mol. The summed E-state index contributed by atoms with van der Waals surface area (Å²) in [7, 11) is 0. The molecule has 0 atom stereocenters. The molecule has 2 aliphatic heterocycles. The molecule has 0 aliphatic carbocycles. The minimum absolute atomic E-state index is 0.475. The van der Waals surface area contributed by atoms with E-state index in [9.17, 15) is 0 Å². The van der Waals surface area contributed by atoms with Crippen LogP contribution in [0.3, 0.4) is 0 Å². The van der Waals surface area contributed by atoms with Crippen molar-refractivity contribution in [3.63, 3.8) is 0 Å². The summed E-state index contributed by atoms with van der Waals surface area (Å²) < 4.78 is 11.2. The Labute approximate surface area is 111 Å². The molecule has 4 heteroatoms. The lowest BCUT2D eigenvalue weighted by atomic mass is 9.98. The Hall–Kier alpha value is -0.160. The van der Waals surface area contributed by atoms with Gasteiger partial charge in [-0.3, -0.25) is 0 Å². The van der Waals surface area contributed by atoms with Crippen molar-refractivity contribution in [2.24, 2.45) is 11.7 Å². The fourth-order valence-corrected chi connectivity index (χ4v) is 2.89. The number of piperidine rings is 1. The summed E-state index contributed by atoms with van der Waals surface area (Å²) in [6.07, 6.45) is 6.33. The van der Waals surface area contributed by atoms with E-state index in [1.54, 1.807) is 0 Å². The van der Waals surface area contributed by atoms with Crippen LogP contribution in [0.25, 0.3) is 0 Å². The van der Waals surface area contributed by atoms with Crippen molar-refractivity contribution in [2.75, 3.05) is 46.0 Å². The van der Waals surface area contributed by atoms with Crippen LogP contribution in [0.1, 0.15) is 32.1 Å². The maximum absolute atomic E-state index is 5.83. The van der Waals surface area contributed by atoms with Crippen LogP contribution >= 0.6 is 0 Å². The molecule has 18 heavy (non-hydrogen) atoms. The van der Waals surface area contributed by atoms with Gasteiger partial charge in [0.15, 0.2) is 0 Å². The van der Waals surface area contributed by atoms with Crippen molar-refractivity contribution in [2.45, 2.75) is 38.2 Å². The monoisotopic (exact) mass is 256 g/mol. The van der Waals surface area contributed by atoms with E-state index in [1.165, 1.54) is 45.3 Å². The number of hydrogen-bond acceptors (Lipinski definition) is 4. The van der Waals surface area contributed by atoms with Crippen LogP contribution in [-0.2, 0) is 9.47 Å². The molecule has 0 aromatic carbocycles. The molecule has 0 aromatic rings. The smallest absolute Gasteiger partial charge is 0.0599 e. The Kier molecular flexibility index (Phi) is 6.41. The van der Waals surface area contributed by atoms with E-state index in [2.05, 4.69) is 4.90 Å². The van der Waals surface area contributed by atoms with Gasteiger partial charge in [0.05, 0.1) is 6.10 Å². The Morgan fingerprint density at radius 1 is 1.11 bits per heavy atom. The average molecular weight is 256 g/mol. The summed E-state index contributed by atoms with van der Waals surface area (Å²) in [6.45, 7) is 7.16. The summed E-state index contributed by atoms with van der Waals surface area (Å²) in [4.78, 5) is 2.61. The quantitative estimate of drug-likeness (QED) is 0.727. The van der Waals surface area contributed by atoms with Gasteiger partial charge in [-0.05, 0) is 44.6 Å². The van der Waals surface area contributed by atoms with E-state index in [4.69, 9.17) is 15.2 Å². The van der Waals surface area contributed by atoms with Gasteiger partial charge >= 0.3 is 0 Å². The second kappa shape index (κ2) is 8.10. The van der Waals surface area contributed by atoms with Crippen molar-refractivity contribution in [1.82, 2.24) is 4.90 Å². The minimum Gasteiger partial charge on any atom is -0.381 e. The van der Waals surface area contributed by atoms with Crippen molar-refractivity contribution < 1.29 is 9.47 Å². The lowest BCUT2D eigenvalue weighted by molar-refractivity contribution is -0.00309. The molecule has 2 rings (SSSR count). The Morgan fingerprint density at radius 2 is 1.83 bits per heavy atom. The summed E-state index contributed by atoms with van der Waals surface area (Å²) in [6, 6.07) is 0. The molecule has 2 fully saturated rings. The third-order valence-electron chi connectivity index (χ3n) is 4.09. The highest BCUT2D eigenvalue weighted by Gasteiger charge is 2.23. The van der Waals surface area contributed by atoms with Gasteiger partial charge in [-0.15, -0.1) is 0 Å². The normalized spacial score (nSPS) is 24.5. The van der Waals surface area contributed by atoms with E-state index in [0.29, 0.717) is 6.10 Å². The fraction of sp³-hybridized carbons (Fsp3) is 1.00. The molecule has 2 saturated heterocycles. The van der Waals surface area contributed by atoms with Crippen molar-refractivity contribution in [3.8, 4) is 0 Å². The van der Waals surface area contributed by atoms with Crippen LogP contribution < -0.4 is 5.73 Å².